The third-order valence-electron chi connectivity index (χ3n) is 3.23. The van der Waals surface area contributed by atoms with Crippen LogP contribution in [0, 0.1) is 5.92 Å². The van der Waals surface area contributed by atoms with Crippen LogP contribution in [0.2, 0.25) is 0 Å². The average Bonchev–Trinajstić information content (AvgIpc) is 2.53. The molecule has 0 heterocycles. The molecule has 0 saturated carbocycles. The van der Waals surface area contributed by atoms with Gasteiger partial charge in [-0.2, -0.15) is 0 Å². The first-order valence-electron chi connectivity index (χ1n) is 7.66. The fourth-order valence-corrected chi connectivity index (χ4v) is 2.11. The van der Waals surface area contributed by atoms with Gasteiger partial charge in [-0.15, -0.1) is 6.58 Å². The number of rotatable bonds is 10. The molecule has 1 rings (SSSR count). The Morgan fingerprint density at radius 1 is 1.32 bits per heavy atom. The topological polar surface area (TPSA) is 46.6 Å². The maximum Gasteiger partial charge on any atom is 0.309 e. The van der Waals surface area contributed by atoms with Crippen molar-refractivity contribution >= 4 is 11.8 Å². The van der Waals surface area contributed by atoms with Crippen LogP contribution in [0.3, 0.4) is 0 Å². The van der Waals surface area contributed by atoms with Gasteiger partial charge in [-0.05, 0) is 6.42 Å². The molecule has 0 aromatic heterocycles. The smallest absolute Gasteiger partial charge is 0.309 e. The van der Waals surface area contributed by atoms with Gasteiger partial charge in [0.05, 0.1) is 19.1 Å². The summed E-state index contributed by atoms with van der Waals surface area (Å²) in [5.74, 6) is -0.449. The molecule has 0 radical (unpaired) electrons. The Kier molecular flexibility index (Phi) is 8.15. The number of hydrogen-bond donors (Lipinski definition) is 0. The van der Waals surface area contributed by atoms with E-state index in [1.54, 1.807) is 18.2 Å². The largest absolute Gasteiger partial charge is 0.465 e. The van der Waals surface area contributed by atoms with Crippen LogP contribution in [0.5, 0.6) is 0 Å². The molecule has 0 aliphatic carbocycles. The van der Waals surface area contributed by atoms with E-state index in [2.05, 4.69) is 6.58 Å². The summed E-state index contributed by atoms with van der Waals surface area (Å²) in [6, 6.07) is 9.16. The maximum absolute atomic E-state index is 12.3. The quantitative estimate of drug-likeness (QED) is 0.379. The second kappa shape index (κ2) is 9.90. The van der Waals surface area contributed by atoms with Crippen molar-refractivity contribution < 1.29 is 14.3 Å². The van der Waals surface area contributed by atoms with Crippen LogP contribution < -0.4 is 0 Å². The number of hydrogen-bond acceptors (Lipinski definition) is 4. The Morgan fingerprint density at radius 3 is 2.59 bits per heavy atom. The first-order valence-corrected chi connectivity index (χ1v) is 7.66. The fraction of sp³-hybridized carbons (Fsp3) is 0.444. The van der Waals surface area contributed by atoms with Gasteiger partial charge in [-0.1, -0.05) is 50.3 Å². The fourth-order valence-electron chi connectivity index (χ4n) is 2.11. The van der Waals surface area contributed by atoms with Crippen molar-refractivity contribution in [3.05, 3.63) is 48.6 Å². The Morgan fingerprint density at radius 2 is 2.00 bits per heavy atom. The molecule has 22 heavy (non-hydrogen) atoms. The lowest BCUT2D eigenvalue weighted by Crippen LogP contribution is -2.36. The van der Waals surface area contributed by atoms with E-state index in [0.29, 0.717) is 25.3 Å². The predicted molar refractivity (Wildman–Crippen MR) is 87.8 cm³/mol. The summed E-state index contributed by atoms with van der Waals surface area (Å²) >= 11 is 0. The zero-order valence-electron chi connectivity index (χ0n) is 13.5. The van der Waals surface area contributed by atoms with Gasteiger partial charge in [-0.3, -0.25) is 14.5 Å². The second-order valence-electron chi connectivity index (χ2n) is 5.34. The highest BCUT2D eigenvalue weighted by atomic mass is 16.5. The number of ether oxygens (including phenoxy) is 1. The molecule has 0 amide bonds. The minimum Gasteiger partial charge on any atom is -0.465 e. The zero-order valence-corrected chi connectivity index (χ0v) is 13.5. The minimum absolute atomic E-state index is 0.0385. The second-order valence-corrected chi connectivity index (χ2v) is 5.34. The first-order chi connectivity index (χ1) is 10.6. The van der Waals surface area contributed by atoms with Gasteiger partial charge in [0.15, 0.2) is 5.78 Å². The van der Waals surface area contributed by atoms with Crippen LogP contribution >= 0.6 is 0 Å². The van der Waals surface area contributed by atoms with E-state index in [-0.39, 0.29) is 24.2 Å². The number of carbonyl (C=O) groups is 2. The zero-order chi connectivity index (χ0) is 16.4. The van der Waals surface area contributed by atoms with Gasteiger partial charge in [0, 0.05) is 18.7 Å². The highest BCUT2D eigenvalue weighted by Crippen LogP contribution is 2.07. The molecule has 0 saturated heterocycles. The van der Waals surface area contributed by atoms with E-state index in [1.807, 2.05) is 36.9 Å². The van der Waals surface area contributed by atoms with Gasteiger partial charge < -0.3 is 4.74 Å². The molecule has 1 aromatic carbocycles. The molecule has 4 nitrogen and oxygen atoms in total. The summed E-state index contributed by atoms with van der Waals surface area (Å²) in [4.78, 5) is 26.0. The minimum atomic E-state index is -0.268. The van der Waals surface area contributed by atoms with Crippen molar-refractivity contribution in [1.82, 2.24) is 4.90 Å². The van der Waals surface area contributed by atoms with Gasteiger partial charge in [0.25, 0.3) is 0 Å². The Labute approximate surface area is 132 Å². The molecule has 0 N–H and O–H groups in total. The van der Waals surface area contributed by atoms with Gasteiger partial charge >= 0.3 is 5.97 Å². The van der Waals surface area contributed by atoms with Crippen molar-refractivity contribution in [3.8, 4) is 0 Å². The lowest BCUT2D eigenvalue weighted by atomic mass is 10.1. The third kappa shape index (κ3) is 6.22. The van der Waals surface area contributed by atoms with Crippen LogP contribution in [0.4, 0.5) is 0 Å². The summed E-state index contributed by atoms with van der Waals surface area (Å²) in [5.41, 5.74) is 0.678. The van der Waals surface area contributed by atoms with E-state index in [4.69, 9.17) is 4.74 Å². The van der Waals surface area contributed by atoms with Crippen molar-refractivity contribution in [3.63, 3.8) is 0 Å². The lowest BCUT2D eigenvalue weighted by molar-refractivity contribution is -0.148. The summed E-state index contributed by atoms with van der Waals surface area (Å²) in [6.45, 7) is 9.23. The Balaban J connectivity index is 2.59. The first kappa shape index (κ1) is 18.1. The molecule has 0 aliphatic rings. The lowest BCUT2D eigenvalue weighted by Gasteiger charge is -2.23. The van der Waals surface area contributed by atoms with E-state index < -0.39 is 0 Å². The molecular formula is C18H25NO3. The Bertz CT molecular complexity index is 484. The van der Waals surface area contributed by atoms with E-state index in [0.717, 1.165) is 6.42 Å². The highest BCUT2D eigenvalue weighted by molar-refractivity contribution is 5.97. The molecule has 4 heteroatoms. The average molecular weight is 303 g/mol. The highest BCUT2D eigenvalue weighted by Gasteiger charge is 2.19. The van der Waals surface area contributed by atoms with Crippen LogP contribution in [-0.2, 0) is 9.53 Å². The summed E-state index contributed by atoms with van der Waals surface area (Å²) in [7, 11) is 0. The monoisotopic (exact) mass is 303 g/mol. The number of Topliss-reactive ketones (excluding diaryl/α,β-unsaturated/α-hetero) is 1. The van der Waals surface area contributed by atoms with Crippen molar-refractivity contribution in [2.45, 2.75) is 20.3 Å². The Hall–Kier alpha value is -1.94. The summed E-state index contributed by atoms with van der Waals surface area (Å²) in [5, 5.41) is 0. The van der Waals surface area contributed by atoms with E-state index in [9.17, 15) is 9.59 Å². The molecule has 0 spiro atoms. The van der Waals surface area contributed by atoms with Crippen LogP contribution in [-0.4, -0.2) is 42.9 Å². The van der Waals surface area contributed by atoms with Crippen molar-refractivity contribution in [2.24, 2.45) is 5.92 Å². The third-order valence-corrected chi connectivity index (χ3v) is 3.23. The molecule has 0 fully saturated rings. The normalized spacial score (nSPS) is 12.0. The molecule has 120 valence electrons. The number of nitrogens with zero attached hydrogens (tertiary/aromatic N) is 1. The van der Waals surface area contributed by atoms with Crippen LogP contribution in [0.15, 0.2) is 43.0 Å². The molecule has 0 bridgehead atoms. The van der Waals surface area contributed by atoms with E-state index >= 15 is 0 Å². The number of carbonyl (C=O) groups excluding carboxylic acids is 2. The molecule has 1 atom stereocenters. The van der Waals surface area contributed by atoms with Crippen molar-refractivity contribution in [2.75, 3.05) is 26.2 Å². The standard InChI is InChI=1S/C18H25NO3/c1-4-11-19(13-15(3)18(21)22-12-5-2)14-17(20)16-9-7-6-8-10-16/h4,6-10,15H,1,5,11-14H2,2-3H3/t15-/m0/s1. The number of esters is 1. The SMILES string of the molecule is C=CCN(CC(=O)c1ccccc1)C[C@H](C)C(=O)OCCC. The van der Waals surface area contributed by atoms with Gasteiger partial charge in [-0.25, -0.2) is 0 Å². The summed E-state index contributed by atoms with van der Waals surface area (Å²) in [6.07, 6.45) is 2.55. The van der Waals surface area contributed by atoms with Gasteiger partial charge in [0.2, 0.25) is 0 Å². The van der Waals surface area contributed by atoms with Crippen LogP contribution in [0.1, 0.15) is 30.6 Å². The summed E-state index contributed by atoms with van der Waals surface area (Å²) < 4.78 is 5.15. The van der Waals surface area contributed by atoms with E-state index in [1.165, 1.54) is 0 Å². The number of ketones is 1. The molecule has 0 unspecified atom stereocenters. The number of benzene rings is 1. The van der Waals surface area contributed by atoms with Crippen molar-refractivity contribution in [1.29, 1.82) is 0 Å². The molecular weight excluding hydrogens is 278 g/mol. The van der Waals surface area contributed by atoms with Gasteiger partial charge in [0.1, 0.15) is 0 Å². The molecule has 1 aromatic rings. The molecule has 0 aliphatic heterocycles. The van der Waals surface area contributed by atoms with Crippen LogP contribution in [0.25, 0.3) is 0 Å². The maximum atomic E-state index is 12.3. The predicted octanol–water partition coefficient (Wildman–Crippen LogP) is 2.95.